The number of anilines is 2. The number of nitrogens with zero attached hydrogens (tertiary/aromatic N) is 5. The molecule has 0 bridgehead atoms. The largest absolute Gasteiger partial charge is 0.586 e. The summed E-state index contributed by atoms with van der Waals surface area (Å²) in [6, 6.07) is 7.96. The van der Waals surface area contributed by atoms with Gasteiger partial charge in [0.1, 0.15) is 0 Å². The molecule has 1 aromatic carbocycles. The van der Waals surface area contributed by atoms with Crippen molar-refractivity contribution in [2.75, 3.05) is 19.4 Å². The fourth-order valence-electron chi connectivity index (χ4n) is 3.03. The average molecular weight is 430 g/mol. The second-order valence-electron chi connectivity index (χ2n) is 7.16. The number of benzene rings is 1. The maximum absolute atomic E-state index is 13.2. The van der Waals surface area contributed by atoms with E-state index in [0.717, 1.165) is 11.3 Å². The van der Waals surface area contributed by atoms with E-state index in [2.05, 4.69) is 29.9 Å². The predicted molar refractivity (Wildman–Crippen MR) is 107 cm³/mol. The molecule has 0 fully saturated rings. The number of fused-ring (bicyclic) bond motifs is 1. The lowest BCUT2D eigenvalue weighted by atomic mass is 10.2. The fraction of sp³-hybridized carbons (Fsp3) is 0.300. The Labute approximate surface area is 176 Å². The summed E-state index contributed by atoms with van der Waals surface area (Å²) < 4.78 is 37.0. The number of hydrogen-bond acceptors (Lipinski definition) is 7. The quantitative estimate of drug-likeness (QED) is 0.642. The van der Waals surface area contributed by atoms with Crippen molar-refractivity contribution in [1.82, 2.24) is 24.6 Å². The molecule has 0 saturated carbocycles. The van der Waals surface area contributed by atoms with Gasteiger partial charge in [0.05, 0.1) is 6.54 Å². The number of amides is 1. The third kappa shape index (κ3) is 4.55. The zero-order chi connectivity index (χ0) is 22.2. The van der Waals surface area contributed by atoms with Gasteiger partial charge in [0.25, 0.3) is 0 Å². The fourth-order valence-corrected chi connectivity index (χ4v) is 3.03. The minimum absolute atomic E-state index is 0.0430. The summed E-state index contributed by atoms with van der Waals surface area (Å²) >= 11 is 0. The summed E-state index contributed by atoms with van der Waals surface area (Å²) in [5, 5.41) is 7.43. The molecule has 0 unspecified atom stereocenters. The number of pyridine rings is 1. The van der Waals surface area contributed by atoms with Crippen molar-refractivity contribution in [3.63, 3.8) is 0 Å². The molecule has 11 heteroatoms. The van der Waals surface area contributed by atoms with E-state index in [1.807, 2.05) is 13.0 Å². The Morgan fingerprint density at radius 3 is 2.71 bits per heavy atom. The molecule has 31 heavy (non-hydrogen) atoms. The highest BCUT2D eigenvalue weighted by Gasteiger charge is 2.43. The predicted octanol–water partition coefficient (Wildman–Crippen LogP) is 3.19. The van der Waals surface area contributed by atoms with Crippen LogP contribution in [-0.4, -0.2) is 50.9 Å². The zero-order valence-electron chi connectivity index (χ0n) is 17.1. The highest BCUT2D eigenvalue weighted by Crippen LogP contribution is 2.42. The standard InChI is InChI=1S/C20H20F2N6O3/c1-12-10-13(6-8-23-12)18-25-19(26-28(18)9-7-17(29)27(2)3)24-14-4-5-15-16(11-14)31-20(21,22)30-15/h4-6,8,10-11H,7,9H2,1-3H3,(H,24,26). The van der Waals surface area contributed by atoms with Gasteiger partial charge in [-0.15, -0.1) is 13.9 Å². The minimum Gasteiger partial charge on any atom is -0.395 e. The van der Waals surface area contributed by atoms with E-state index >= 15 is 0 Å². The smallest absolute Gasteiger partial charge is 0.395 e. The number of halogens is 2. The molecular weight excluding hydrogens is 410 g/mol. The lowest BCUT2D eigenvalue weighted by molar-refractivity contribution is -0.286. The number of nitrogens with one attached hydrogen (secondary N) is 1. The first-order valence-electron chi connectivity index (χ1n) is 9.45. The van der Waals surface area contributed by atoms with Crippen molar-refractivity contribution in [2.24, 2.45) is 0 Å². The summed E-state index contributed by atoms with van der Waals surface area (Å²) in [6.07, 6.45) is -1.78. The Morgan fingerprint density at radius 2 is 1.97 bits per heavy atom. The molecule has 1 aliphatic heterocycles. The number of carbonyl (C=O) groups excluding carboxylic acids is 1. The Kier molecular flexibility index (Phi) is 5.17. The first-order valence-corrected chi connectivity index (χ1v) is 9.45. The van der Waals surface area contributed by atoms with E-state index in [-0.39, 0.29) is 29.8 Å². The second-order valence-corrected chi connectivity index (χ2v) is 7.16. The molecule has 0 aliphatic carbocycles. The van der Waals surface area contributed by atoms with Gasteiger partial charge < -0.3 is 19.7 Å². The maximum atomic E-state index is 13.2. The highest BCUT2D eigenvalue weighted by molar-refractivity contribution is 5.75. The third-order valence-electron chi connectivity index (χ3n) is 4.52. The average Bonchev–Trinajstić information content (AvgIpc) is 3.24. The molecule has 0 spiro atoms. The SMILES string of the molecule is Cc1cc(-c2nc(Nc3ccc4c(c3)OC(F)(F)O4)nn2CCC(=O)N(C)C)ccn1. The molecule has 4 rings (SSSR count). The van der Waals surface area contributed by atoms with E-state index in [4.69, 9.17) is 0 Å². The van der Waals surface area contributed by atoms with Gasteiger partial charge in [0, 0.05) is 49.7 Å². The molecule has 1 N–H and O–H groups in total. The lowest BCUT2D eigenvalue weighted by Crippen LogP contribution is -2.25. The van der Waals surface area contributed by atoms with E-state index in [1.54, 1.807) is 37.1 Å². The van der Waals surface area contributed by atoms with Gasteiger partial charge >= 0.3 is 6.29 Å². The van der Waals surface area contributed by atoms with Crippen LogP contribution in [0, 0.1) is 6.92 Å². The molecule has 3 aromatic rings. The van der Waals surface area contributed by atoms with Crippen LogP contribution in [0.25, 0.3) is 11.4 Å². The van der Waals surface area contributed by atoms with Gasteiger partial charge in [0.2, 0.25) is 11.9 Å². The number of aryl methyl sites for hydroxylation is 2. The lowest BCUT2D eigenvalue weighted by Gasteiger charge is -2.11. The summed E-state index contributed by atoms with van der Waals surface area (Å²) in [5.74, 6) is 0.609. The Balaban J connectivity index is 1.61. The van der Waals surface area contributed by atoms with Crippen molar-refractivity contribution in [3.05, 3.63) is 42.2 Å². The topological polar surface area (TPSA) is 94.4 Å². The zero-order valence-corrected chi connectivity index (χ0v) is 17.1. The van der Waals surface area contributed by atoms with Crippen LogP contribution in [0.5, 0.6) is 11.5 Å². The number of carbonyl (C=O) groups is 1. The molecule has 9 nitrogen and oxygen atoms in total. The van der Waals surface area contributed by atoms with E-state index in [1.165, 1.54) is 17.0 Å². The van der Waals surface area contributed by atoms with Crippen LogP contribution in [0.1, 0.15) is 12.1 Å². The van der Waals surface area contributed by atoms with Gasteiger partial charge in [-0.2, -0.15) is 4.98 Å². The van der Waals surface area contributed by atoms with Crippen LogP contribution in [0.4, 0.5) is 20.4 Å². The molecule has 2 aromatic heterocycles. The summed E-state index contributed by atoms with van der Waals surface area (Å²) in [6.45, 7) is 2.18. The third-order valence-corrected chi connectivity index (χ3v) is 4.52. The number of ether oxygens (including phenoxy) is 2. The summed E-state index contributed by atoms with van der Waals surface area (Å²) in [7, 11) is 3.37. The molecule has 162 valence electrons. The van der Waals surface area contributed by atoms with Crippen LogP contribution < -0.4 is 14.8 Å². The first-order chi connectivity index (χ1) is 14.7. The van der Waals surface area contributed by atoms with Crippen LogP contribution in [0.15, 0.2) is 36.5 Å². The normalized spacial score (nSPS) is 13.8. The maximum Gasteiger partial charge on any atom is 0.586 e. The number of alkyl halides is 2. The molecule has 0 saturated heterocycles. The Hall–Kier alpha value is -3.76. The second kappa shape index (κ2) is 7.82. The van der Waals surface area contributed by atoms with E-state index < -0.39 is 6.29 Å². The first kappa shape index (κ1) is 20.5. The summed E-state index contributed by atoms with van der Waals surface area (Å²) in [4.78, 5) is 22.3. The van der Waals surface area contributed by atoms with Gasteiger partial charge in [-0.3, -0.25) is 9.78 Å². The van der Waals surface area contributed by atoms with Gasteiger partial charge in [0.15, 0.2) is 17.3 Å². The highest BCUT2D eigenvalue weighted by atomic mass is 19.3. The molecule has 0 radical (unpaired) electrons. The molecular formula is C20H20F2N6O3. The van der Waals surface area contributed by atoms with Crippen LogP contribution in [-0.2, 0) is 11.3 Å². The molecule has 1 aliphatic rings. The van der Waals surface area contributed by atoms with Gasteiger partial charge in [-0.25, -0.2) is 4.68 Å². The van der Waals surface area contributed by atoms with Crippen molar-refractivity contribution in [3.8, 4) is 22.9 Å². The van der Waals surface area contributed by atoms with Crippen molar-refractivity contribution >= 4 is 17.5 Å². The van der Waals surface area contributed by atoms with Crippen molar-refractivity contribution < 1.29 is 23.0 Å². The van der Waals surface area contributed by atoms with Crippen molar-refractivity contribution in [1.29, 1.82) is 0 Å². The monoisotopic (exact) mass is 430 g/mol. The number of hydrogen-bond donors (Lipinski definition) is 1. The van der Waals surface area contributed by atoms with Crippen LogP contribution in [0.2, 0.25) is 0 Å². The number of rotatable bonds is 6. The molecule has 0 atom stereocenters. The molecule has 3 heterocycles. The van der Waals surface area contributed by atoms with Crippen LogP contribution >= 0.6 is 0 Å². The number of aromatic nitrogens is 4. The van der Waals surface area contributed by atoms with Crippen molar-refractivity contribution in [2.45, 2.75) is 26.2 Å². The Morgan fingerprint density at radius 1 is 1.19 bits per heavy atom. The van der Waals surface area contributed by atoms with Crippen LogP contribution in [0.3, 0.4) is 0 Å². The van der Waals surface area contributed by atoms with E-state index in [9.17, 15) is 13.6 Å². The van der Waals surface area contributed by atoms with Gasteiger partial charge in [-0.05, 0) is 31.2 Å². The van der Waals surface area contributed by atoms with Gasteiger partial charge in [-0.1, -0.05) is 0 Å². The Bertz CT molecular complexity index is 1130. The van der Waals surface area contributed by atoms with E-state index in [0.29, 0.717) is 18.1 Å². The minimum atomic E-state index is -3.69. The summed E-state index contributed by atoms with van der Waals surface area (Å²) in [5.41, 5.74) is 2.04. The molecule has 1 amide bonds.